The number of hydrogen-bond donors (Lipinski definition) is 1. The summed E-state index contributed by atoms with van der Waals surface area (Å²) in [6.45, 7) is 0. The quantitative estimate of drug-likeness (QED) is 0.592. The molecule has 21 heavy (non-hydrogen) atoms. The Balaban J connectivity index is 2.15. The maximum atomic E-state index is 12.1. The molecule has 0 aliphatic carbocycles. The molecule has 104 valence electrons. The van der Waals surface area contributed by atoms with Gasteiger partial charge in [0.05, 0.1) is 21.9 Å². The third-order valence-corrected chi connectivity index (χ3v) is 3.13. The van der Waals surface area contributed by atoms with E-state index in [0.29, 0.717) is 16.9 Å². The average molecular weight is 281 g/mol. The highest BCUT2D eigenvalue weighted by Gasteiger charge is 2.17. The van der Waals surface area contributed by atoms with Gasteiger partial charge < -0.3 is 0 Å². The summed E-state index contributed by atoms with van der Waals surface area (Å²) < 4.78 is 1.35. The molecule has 0 aliphatic rings. The molecule has 0 atom stereocenters. The smallest absolute Gasteiger partial charge is 0.278 e. The molecular formula is C15H11N3O3. The Kier molecular flexibility index (Phi) is 3.12. The number of nitro benzene ring substituents is 1. The van der Waals surface area contributed by atoms with Gasteiger partial charge in [-0.1, -0.05) is 30.3 Å². The standard InChI is InChI=1S/C15H11N3O3/c19-15-10-13(12-8-4-5-9-14(12)18(20)21)16-17(15)11-6-2-1-3-7-11/h1-10,16H. The van der Waals surface area contributed by atoms with Crippen LogP contribution in [0.4, 0.5) is 5.69 Å². The maximum absolute atomic E-state index is 12.1. The van der Waals surface area contributed by atoms with Gasteiger partial charge in [0.2, 0.25) is 0 Å². The van der Waals surface area contributed by atoms with Crippen molar-refractivity contribution in [3.05, 3.63) is 81.1 Å². The normalized spacial score (nSPS) is 10.5. The Hall–Kier alpha value is -3.15. The highest BCUT2D eigenvalue weighted by molar-refractivity contribution is 5.70. The van der Waals surface area contributed by atoms with Gasteiger partial charge in [-0.3, -0.25) is 20.0 Å². The van der Waals surface area contributed by atoms with Gasteiger partial charge in [-0.05, 0) is 18.2 Å². The zero-order valence-corrected chi connectivity index (χ0v) is 10.9. The lowest BCUT2D eigenvalue weighted by Gasteiger charge is -2.02. The molecule has 1 aromatic heterocycles. The van der Waals surface area contributed by atoms with E-state index in [1.807, 2.05) is 18.2 Å². The summed E-state index contributed by atoms with van der Waals surface area (Å²) in [4.78, 5) is 22.7. The van der Waals surface area contributed by atoms with Crippen molar-refractivity contribution in [1.29, 1.82) is 0 Å². The van der Waals surface area contributed by atoms with Crippen LogP contribution >= 0.6 is 0 Å². The summed E-state index contributed by atoms with van der Waals surface area (Å²) in [5.74, 6) is 0. The van der Waals surface area contributed by atoms with E-state index < -0.39 is 4.92 Å². The van der Waals surface area contributed by atoms with Crippen LogP contribution in [0.2, 0.25) is 0 Å². The minimum atomic E-state index is -0.465. The van der Waals surface area contributed by atoms with Crippen LogP contribution in [0.25, 0.3) is 16.9 Å². The summed E-state index contributed by atoms with van der Waals surface area (Å²) in [5.41, 5.74) is 1.16. The SMILES string of the molecule is O=c1cc(-c2ccccc2[N+](=O)[O-])[nH]n1-c1ccccc1. The van der Waals surface area contributed by atoms with Gasteiger partial charge in [-0.15, -0.1) is 0 Å². The Morgan fingerprint density at radius 3 is 2.38 bits per heavy atom. The van der Waals surface area contributed by atoms with Crippen LogP contribution in [0.5, 0.6) is 0 Å². The van der Waals surface area contributed by atoms with E-state index in [1.165, 1.54) is 16.8 Å². The molecule has 1 N–H and O–H groups in total. The number of nitrogens with one attached hydrogen (secondary N) is 1. The Labute approximate surface area is 119 Å². The molecule has 0 spiro atoms. The van der Waals surface area contributed by atoms with E-state index in [-0.39, 0.29) is 11.2 Å². The second-order valence-electron chi connectivity index (χ2n) is 4.45. The van der Waals surface area contributed by atoms with Crippen molar-refractivity contribution >= 4 is 5.69 Å². The Bertz CT molecular complexity index is 850. The lowest BCUT2D eigenvalue weighted by molar-refractivity contribution is -0.384. The van der Waals surface area contributed by atoms with Crippen molar-refractivity contribution in [1.82, 2.24) is 9.78 Å². The summed E-state index contributed by atoms with van der Waals surface area (Å²) in [6.07, 6.45) is 0. The van der Waals surface area contributed by atoms with Crippen molar-refractivity contribution in [2.45, 2.75) is 0 Å². The van der Waals surface area contributed by atoms with Crippen molar-refractivity contribution in [3.8, 4) is 16.9 Å². The third-order valence-electron chi connectivity index (χ3n) is 3.13. The van der Waals surface area contributed by atoms with E-state index in [9.17, 15) is 14.9 Å². The van der Waals surface area contributed by atoms with E-state index >= 15 is 0 Å². The van der Waals surface area contributed by atoms with Crippen LogP contribution in [-0.4, -0.2) is 14.7 Å². The summed E-state index contributed by atoms with van der Waals surface area (Å²) >= 11 is 0. The van der Waals surface area contributed by atoms with Crippen LogP contribution in [0, 0.1) is 10.1 Å². The predicted octanol–water partition coefficient (Wildman–Crippen LogP) is 2.74. The molecule has 0 bridgehead atoms. The van der Waals surface area contributed by atoms with Crippen molar-refractivity contribution in [3.63, 3.8) is 0 Å². The number of nitrogens with zero attached hydrogens (tertiary/aromatic N) is 2. The van der Waals surface area contributed by atoms with Crippen LogP contribution in [-0.2, 0) is 0 Å². The molecule has 3 rings (SSSR count). The monoisotopic (exact) mass is 281 g/mol. The summed E-state index contributed by atoms with van der Waals surface area (Å²) in [6, 6.07) is 16.7. The number of hydrogen-bond acceptors (Lipinski definition) is 3. The second kappa shape index (κ2) is 5.09. The predicted molar refractivity (Wildman–Crippen MR) is 78.5 cm³/mol. The first kappa shape index (κ1) is 12.9. The van der Waals surface area contributed by atoms with Gasteiger partial charge >= 0.3 is 0 Å². The van der Waals surface area contributed by atoms with Gasteiger partial charge in [-0.2, -0.15) is 0 Å². The fraction of sp³-hybridized carbons (Fsp3) is 0. The van der Waals surface area contributed by atoms with E-state index in [1.54, 1.807) is 30.3 Å². The fourth-order valence-electron chi connectivity index (χ4n) is 2.16. The average Bonchev–Trinajstić information content (AvgIpc) is 2.90. The highest BCUT2D eigenvalue weighted by Crippen LogP contribution is 2.27. The zero-order valence-electron chi connectivity index (χ0n) is 10.9. The first-order chi connectivity index (χ1) is 10.2. The molecule has 0 unspecified atom stereocenters. The van der Waals surface area contributed by atoms with Crippen LogP contribution in [0.15, 0.2) is 65.5 Å². The molecule has 1 heterocycles. The number of rotatable bonds is 3. The van der Waals surface area contributed by atoms with Gasteiger partial charge in [-0.25, -0.2) is 4.68 Å². The molecule has 0 fully saturated rings. The number of H-pyrrole nitrogens is 1. The lowest BCUT2D eigenvalue weighted by atomic mass is 10.1. The largest absolute Gasteiger partial charge is 0.290 e. The van der Waals surface area contributed by atoms with Crippen LogP contribution < -0.4 is 5.56 Å². The van der Waals surface area contributed by atoms with E-state index in [0.717, 1.165) is 0 Å². The van der Waals surface area contributed by atoms with Crippen LogP contribution in [0.1, 0.15) is 0 Å². The number of nitro groups is 1. The van der Waals surface area contributed by atoms with Gasteiger partial charge in [0, 0.05) is 12.1 Å². The Morgan fingerprint density at radius 2 is 1.67 bits per heavy atom. The molecular weight excluding hydrogens is 270 g/mol. The summed E-state index contributed by atoms with van der Waals surface area (Å²) in [7, 11) is 0. The van der Waals surface area contributed by atoms with Gasteiger partial charge in [0.15, 0.2) is 0 Å². The molecule has 0 saturated heterocycles. The van der Waals surface area contributed by atoms with Gasteiger partial charge in [0.1, 0.15) is 0 Å². The zero-order chi connectivity index (χ0) is 14.8. The third kappa shape index (κ3) is 2.34. The first-order valence-corrected chi connectivity index (χ1v) is 6.28. The molecule has 6 heteroatoms. The molecule has 2 aromatic carbocycles. The van der Waals surface area contributed by atoms with Crippen molar-refractivity contribution in [2.75, 3.05) is 0 Å². The topological polar surface area (TPSA) is 80.9 Å². The van der Waals surface area contributed by atoms with Crippen molar-refractivity contribution < 1.29 is 4.92 Å². The minimum Gasteiger partial charge on any atom is -0.290 e. The summed E-state index contributed by atoms with van der Waals surface area (Å²) in [5, 5.41) is 14.0. The number of benzene rings is 2. The highest BCUT2D eigenvalue weighted by atomic mass is 16.6. The van der Waals surface area contributed by atoms with E-state index in [4.69, 9.17) is 0 Å². The molecule has 6 nitrogen and oxygen atoms in total. The van der Waals surface area contributed by atoms with Gasteiger partial charge in [0.25, 0.3) is 11.2 Å². The molecule has 3 aromatic rings. The van der Waals surface area contributed by atoms with E-state index in [2.05, 4.69) is 5.10 Å². The Morgan fingerprint density at radius 1 is 1.00 bits per heavy atom. The number of aromatic amines is 1. The fourth-order valence-corrected chi connectivity index (χ4v) is 2.16. The lowest BCUT2D eigenvalue weighted by Crippen LogP contribution is -2.12. The minimum absolute atomic E-state index is 0.0426. The maximum Gasteiger partial charge on any atom is 0.278 e. The number of aromatic nitrogens is 2. The van der Waals surface area contributed by atoms with Crippen molar-refractivity contribution in [2.24, 2.45) is 0 Å². The molecule has 0 aliphatic heterocycles. The first-order valence-electron chi connectivity index (χ1n) is 6.28. The van der Waals surface area contributed by atoms with Crippen LogP contribution in [0.3, 0.4) is 0 Å². The molecule has 0 saturated carbocycles. The molecule has 0 radical (unpaired) electrons. The molecule has 0 amide bonds. The number of para-hydroxylation sites is 2. The second-order valence-corrected chi connectivity index (χ2v) is 4.45.